The summed E-state index contributed by atoms with van der Waals surface area (Å²) in [6.07, 6.45) is 2.98. The average Bonchev–Trinajstić information content (AvgIpc) is 2.51. The maximum absolute atomic E-state index is 13.9. The quantitative estimate of drug-likeness (QED) is 0.941. The molecule has 0 amide bonds. The van der Waals surface area contributed by atoms with Crippen LogP contribution in [0.25, 0.3) is 0 Å². The molecule has 110 valence electrons. The fourth-order valence-electron chi connectivity index (χ4n) is 3.13. The molecule has 3 rings (SSSR count). The Kier molecular flexibility index (Phi) is 3.88. The van der Waals surface area contributed by atoms with E-state index in [1.165, 1.54) is 11.6 Å². The number of nitrogens with zero attached hydrogens (tertiary/aromatic N) is 1. The van der Waals surface area contributed by atoms with E-state index in [1.54, 1.807) is 28.8 Å². The number of aromatic nitrogens is 1. The number of rotatable bonds is 3. The van der Waals surface area contributed by atoms with Gasteiger partial charge in [0.15, 0.2) is 0 Å². The van der Waals surface area contributed by atoms with Gasteiger partial charge in [0.25, 0.3) is 5.56 Å². The maximum Gasteiger partial charge on any atom is 0.251 e. The number of benzene rings is 1. The van der Waals surface area contributed by atoms with Gasteiger partial charge in [-0.05, 0) is 37.9 Å². The van der Waals surface area contributed by atoms with Crippen molar-refractivity contribution >= 4 is 0 Å². The van der Waals surface area contributed by atoms with Crippen LogP contribution >= 0.6 is 0 Å². The monoisotopic (exact) mass is 286 g/mol. The van der Waals surface area contributed by atoms with Gasteiger partial charge in [-0.3, -0.25) is 4.79 Å². The summed E-state index contributed by atoms with van der Waals surface area (Å²) in [6.45, 7) is 0.297. The molecule has 1 aromatic heterocycles. The second kappa shape index (κ2) is 5.82. The molecule has 21 heavy (non-hydrogen) atoms. The zero-order valence-electron chi connectivity index (χ0n) is 12.1. The third kappa shape index (κ3) is 2.63. The van der Waals surface area contributed by atoms with Crippen molar-refractivity contribution in [1.29, 1.82) is 0 Å². The molecule has 1 N–H and O–H groups in total. The van der Waals surface area contributed by atoms with Crippen LogP contribution in [0.2, 0.25) is 0 Å². The summed E-state index contributed by atoms with van der Waals surface area (Å²) in [4.78, 5) is 12.2. The highest BCUT2D eigenvalue weighted by Crippen LogP contribution is 2.28. The summed E-state index contributed by atoms with van der Waals surface area (Å²) in [5, 5.41) is 3.29. The van der Waals surface area contributed by atoms with Crippen molar-refractivity contribution in [2.45, 2.75) is 31.8 Å². The van der Waals surface area contributed by atoms with E-state index in [4.69, 9.17) is 0 Å². The van der Waals surface area contributed by atoms with Crippen LogP contribution in [-0.2, 0) is 13.0 Å². The van der Waals surface area contributed by atoms with Crippen LogP contribution in [0.3, 0.4) is 0 Å². The first kappa shape index (κ1) is 14.0. The summed E-state index contributed by atoms with van der Waals surface area (Å²) >= 11 is 0. The molecule has 1 atom stereocenters. The zero-order chi connectivity index (χ0) is 14.8. The van der Waals surface area contributed by atoms with E-state index in [-0.39, 0.29) is 17.4 Å². The Hall–Kier alpha value is -1.94. The molecule has 0 saturated heterocycles. The molecular weight excluding hydrogens is 267 g/mol. The molecule has 1 aliphatic carbocycles. The van der Waals surface area contributed by atoms with Crippen molar-refractivity contribution in [3.63, 3.8) is 0 Å². The predicted octanol–water partition coefficient (Wildman–Crippen LogP) is 2.63. The van der Waals surface area contributed by atoms with Gasteiger partial charge >= 0.3 is 0 Å². The molecule has 0 fully saturated rings. The van der Waals surface area contributed by atoms with Gasteiger partial charge in [0.1, 0.15) is 5.82 Å². The van der Waals surface area contributed by atoms with E-state index in [0.717, 1.165) is 25.0 Å². The number of nitrogens with one attached hydrogen (secondary N) is 1. The number of hydrogen-bond acceptors (Lipinski definition) is 2. The Morgan fingerprint density at radius 2 is 2.10 bits per heavy atom. The molecule has 4 heteroatoms. The van der Waals surface area contributed by atoms with Crippen LogP contribution in [0, 0.1) is 5.82 Å². The molecule has 1 unspecified atom stereocenters. The fourth-order valence-corrected chi connectivity index (χ4v) is 3.13. The molecule has 0 bridgehead atoms. The summed E-state index contributed by atoms with van der Waals surface area (Å²) in [6, 6.07) is 10.4. The lowest BCUT2D eigenvalue weighted by Crippen LogP contribution is -2.31. The van der Waals surface area contributed by atoms with Gasteiger partial charge in [-0.25, -0.2) is 4.39 Å². The molecule has 1 aliphatic rings. The summed E-state index contributed by atoms with van der Waals surface area (Å²) in [5.41, 5.74) is 2.70. The van der Waals surface area contributed by atoms with E-state index >= 15 is 0 Å². The van der Waals surface area contributed by atoms with Crippen molar-refractivity contribution in [1.82, 2.24) is 9.88 Å². The van der Waals surface area contributed by atoms with Crippen LogP contribution in [0.4, 0.5) is 4.39 Å². The average molecular weight is 286 g/mol. The second-order valence-corrected chi connectivity index (χ2v) is 5.48. The Labute approximate surface area is 123 Å². The van der Waals surface area contributed by atoms with Crippen LogP contribution in [0.15, 0.2) is 41.2 Å². The van der Waals surface area contributed by atoms with E-state index < -0.39 is 0 Å². The van der Waals surface area contributed by atoms with Gasteiger partial charge in [-0.1, -0.05) is 24.3 Å². The number of hydrogen-bond donors (Lipinski definition) is 1. The normalized spacial score (nSPS) is 17.5. The van der Waals surface area contributed by atoms with Crippen molar-refractivity contribution in [2.75, 3.05) is 7.05 Å². The lowest BCUT2D eigenvalue weighted by molar-refractivity contribution is 0.471. The Bertz CT molecular complexity index is 708. The standard InChI is InChI=1S/C17H19FN2O/c1-19-15-7-4-8-16-13(15)9-10-17(21)20(16)11-12-5-2-3-6-14(12)18/h2-3,5-6,9-10,15,19H,4,7-8,11H2,1H3. The smallest absolute Gasteiger partial charge is 0.251 e. The number of halogens is 1. The third-order valence-electron chi connectivity index (χ3n) is 4.25. The third-order valence-corrected chi connectivity index (χ3v) is 4.25. The van der Waals surface area contributed by atoms with Crippen LogP contribution < -0.4 is 10.9 Å². The maximum atomic E-state index is 13.9. The molecule has 0 saturated carbocycles. The summed E-state index contributed by atoms with van der Waals surface area (Å²) < 4.78 is 15.6. The lowest BCUT2D eigenvalue weighted by Gasteiger charge is -2.27. The molecule has 0 radical (unpaired) electrons. The topological polar surface area (TPSA) is 34.0 Å². The Morgan fingerprint density at radius 1 is 1.29 bits per heavy atom. The second-order valence-electron chi connectivity index (χ2n) is 5.48. The van der Waals surface area contributed by atoms with Crippen molar-refractivity contribution in [2.24, 2.45) is 0 Å². The van der Waals surface area contributed by atoms with Gasteiger partial charge < -0.3 is 9.88 Å². The zero-order valence-corrected chi connectivity index (χ0v) is 12.1. The minimum atomic E-state index is -0.261. The highest BCUT2D eigenvalue weighted by Gasteiger charge is 2.22. The molecule has 3 nitrogen and oxygen atoms in total. The van der Waals surface area contributed by atoms with Crippen molar-refractivity contribution in [3.8, 4) is 0 Å². The van der Waals surface area contributed by atoms with Crippen molar-refractivity contribution in [3.05, 3.63) is 69.4 Å². The lowest BCUT2D eigenvalue weighted by atomic mass is 9.91. The molecule has 2 aromatic rings. The molecular formula is C17H19FN2O. The highest BCUT2D eigenvalue weighted by atomic mass is 19.1. The number of fused-ring (bicyclic) bond motifs is 1. The summed E-state index contributed by atoms with van der Waals surface area (Å²) in [7, 11) is 1.94. The van der Waals surface area contributed by atoms with Gasteiger partial charge in [0, 0.05) is 23.4 Å². The van der Waals surface area contributed by atoms with E-state index in [0.29, 0.717) is 12.1 Å². The molecule has 0 spiro atoms. The first-order valence-corrected chi connectivity index (χ1v) is 7.34. The predicted molar refractivity (Wildman–Crippen MR) is 80.9 cm³/mol. The van der Waals surface area contributed by atoms with Gasteiger partial charge in [-0.15, -0.1) is 0 Å². The minimum absolute atomic E-state index is 0.0613. The van der Waals surface area contributed by atoms with E-state index in [2.05, 4.69) is 5.32 Å². The highest BCUT2D eigenvalue weighted by molar-refractivity contribution is 5.29. The summed E-state index contributed by atoms with van der Waals surface area (Å²) in [5.74, 6) is -0.261. The van der Waals surface area contributed by atoms with Crippen LogP contribution in [0.1, 0.15) is 35.7 Å². The Morgan fingerprint density at radius 3 is 2.86 bits per heavy atom. The largest absolute Gasteiger partial charge is 0.313 e. The van der Waals surface area contributed by atoms with Crippen LogP contribution in [0.5, 0.6) is 0 Å². The van der Waals surface area contributed by atoms with Crippen LogP contribution in [-0.4, -0.2) is 11.6 Å². The SMILES string of the molecule is CNC1CCCc2c1ccc(=O)n2Cc1ccccc1F. The van der Waals surface area contributed by atoms with E-state index in [9.17, 15) is 9.18 Å². The minimum Gasteiger partial charge on any atom is -0.313 e. The Balaban J connectivity index is 2.06. The van der Waals surface area contributed by atoms with Gasteiger partial charge in [0.05, 0.1) is 6.54 Å². The molecule has 0 aliphatic heterocycles. The first-order valence-electron chi connectivity index (χ1n) is 7.34. The first-order chi connectivity index (χ1) is 10.2. The molecule has 1 aromatic carbocycles. The molecule has 1 heterocycles. The van der Waals surface area contributed by atoms with E-state index in [1.807, 2.05) is 13.1 Å². The van der Waals surface area contributed by atoms with Gasteiger partial charge in [-0.2, -0.15) is 0 Å². The van der Waals surface area contributed by atoms with Crippen molar-refractivity contribution < 1.29 is 4.39 Å². The van der Waals surface area contributed by atoms with Gasteiger partial charge in [0.2, 0.25) is 0 Å². The number of pyridine rings is 1. The fraction of sp³-hybridized carbons (Fsp3) is 0.353.